The summed E-state index contributed by atoms with van der Waals surface area (Å²) >= 11 is 0. The Morgan fingerprint density at radius 2 is 0.537 bits per heavy atom. The van der Waals surface area contributed by atoms with Crippen molar-refractivity contribution in [3.05, 3.63) is 0 Å². The van der Waals surface area contributed by atoms with Crippen LogP contribution in [0.3, 0.4) is 0 Å². The van der Waals surface area contributed by atoms with Crippen molar-refractivity contribution >= 4 is 23.9 Å². The van der Waals surface area contributed by atoms with Gasteiger partial charge in [-0.25, -0.2) is 0 Å². The van der Waals surface area contributed by atoms with Crippen LogP contribution in [0.1, 0.15) is 158 Å². The van der Waals surface area contributed by atoms with E-state index in [-0.39, 0.29) is 44.7 Å². The van der Waals surface area contributed by atoms with Crippen LogP contribution in [0.4, 0.5) is 0 Å². The van der Waals surface area contributed by atoms with Crippen LogP contribution in [-0.4, -0.2) is 23.9 Å². The first-order valence-corrected chi connectivity index (χ1v) is 15.7. The Morgan fingerprint density at radius 3 is 0.610 bits per heavy atom. The average molecular weight is 768 g/mol. The molecule has 0 radical (unpaired) electrons. The van der Waals surface area contributed by atoms with E-state index in [9.17, 15) is 39.6 Å². The van der Waals surface area contributed by atoms with Gasteiger partial charge in [0.2, 0.25) is 0 Å². The molecule has 0 saturated carbocycles. The van der Waals surface area contributed by atoms with Crippen LogP contribution in [0.15, 0.2) is 0 Å². The van der Waals surface area contributed by atoms with Gasteiger partial charge in [0.05, 0.1) is 0 Å². The van der Waals surface area contributed by atoms with E-state index in [0.29, 0.717) is 25.7 Å². The van der Waals surface area contributed by atoms with Gasteiger partial charge in [-0.2, -0.15) is 0 Å². The molecular weight excluding hydrogens is 707 g/mol. The molecule has 0 heterocycles. The molecule has 4 unspecified atom stereocenters. The molecule has 246 valence electrons. The van der Waals surface area contributed by atoms with Gasteiger partial charge in [0.1, 0.15) is 0 Å². The first-order valence-electron chi connectivity index (χ1n) is 15.7. The minimum Gasteiger partial charge on any atom is -0.550 e. The molecule has 4 atom stereocenters. The largest absolute Gasteiger partial charge is 4.00 e. The van der Waals surface area contributed by atoms with Crippen molar-refractivity contribution < 1.29 is 60.7 Å². The van der Waals surface area contributed by atoms with Gasteiger partial charge >= 0.3 is 21.1 Å². The van der Waals surface area contributed by atoms with Crippen molar-refractivity contribution in [3.8, 4) is 0 Å². The number of carbonyl (C=O) groups excluding carboxylic acids is 4. The van der Waals surface area contributed by atoms with Crippen LogP contribution in [0.2, 0.25) is 0 Å². The number of rotatable bonds is 20. The van der Waals surface area contributed by atoms with E-state index in [0.717, 1.165) is 77.0 Å². The number of carbonyl (C=O) groups is 4. The second-order valence-corrected chi connectivity index (χ2v) is 10.3. The molecule has 0 aromatic heterocycles. The quantitative estimate of drug-likeness (QED) is 0.181. The molecule has 0 aromatic carbocycles. The number of aliphatic carboxylic acids is 4. The smallest absolute Gasteiger partial charge is 0.550 e. The molecule has 0 rings (SSSR count). The fraction of sp³-hybridized carbons (Fsp3) is 0.875. The topological polar surface area (TPSA) is 161 Å². The van der Waals surface area contributed by atoms with Gasteiger partial charge < -0.3 is 39.6 Å². The Hall–Kier alpha value is -1.43. The summed E-state index contributed by atoms with van der Waals surface area (Å²) in [5, 5.41) is 41.3. The summed E-state index contributed by atoms with van der Waals surface area (Å²) in [4.78, 5) is 41.3. The molecule has 41 heavy (non-hydrogen) atoms. The van der Waals surface area contributed by atoms with Gasteiger partial charge in [-0.3, -0.25) is 0 Å². The van der Waals surface area contributed by atoms with Crippen molar-refractivity contribution in [2.75, 3.05) is 0 Å². The van der Waals surface area contributed by atoms with Gasteiger partial charge in [0.15, 0.2) is 0 Å². The van der Waals surface area contributed by atoms with E-state index < -0.39 is 23.9 Å². The zero-order valence-corrected chi connectivity index (χ0v) is 29.5. The van der Waals surface area contributed by atoms with E-state index in [4.69, 9.17) is 0 Å². The van der Waals surface area contributed by atoms with E-state index in [1.807, 2.05) is 27.7 Å². The molecule has 0 aliphatic carbocycles. The fourth-order valence-electron chi connectivity index (χ4n) is 3.76. The maximum atomic E-state index is 10.3. The SMILES string of the molecule is CCCCC(CC)C(=O)[O-].CCCCC(CC)C(=O)[O-].CCCCC(CC)C(=O)[O-].CCCCC(CC)C(=O)[O-].[Pt+4]. The van der Waals surface area contributed by atoms with E-state index >= 15 is 0 Å². The molecule has 0 aliphatic heterocycles. The predicted octanol–water partition coefficient (Wildman–Crippen LogP) is 3.81. The first kappa shape index (κ1) is 49.3. The van der Waals surface area contributed by atoms with Crippen molar-refractivity contribution in [1.82, 2.24) is 0 Å². The number of carboxylic acids is 4. The third-order valence-corrected chi connectivity index (χ3v) is 6.93. The molecule has 0 N–H and O–H groups in total. The Morgan fingerprint density at radius 1 is 0.390 bits per heavy atom. The molecule has 8 nitrogen and oxygen atoms in total. The Labute approximate surface area is 265 Å². The summed E-state index contributed by atoms with van der Waals surface area (Å²) < 4.78 is 0. The number of unbranched alkanes of at least 4 members (excludes halogenated alkanes) is 4. The zero-order chi connectivity index (χ0) is 31.9. The van der Waals surface area contributed by atoms with Gasteiger partial charge in [-0.15, -0.1) is 0 Å². The fourth-order valence-corrected chi connectivity index (χ4v) is 3.76. The van der Waals surface area contributed by atoms with Crippen molar-refractivity contribution in [1.29, 1.82) is 0 Å². The number of hydrogen-bond acceptors (Lipinski definition) is 8. The summed E-state index contributed by atoms with van der Waals surface area (Å²) in [6.07, 6.45) is 14.1. The summed E-state index contributed by atoms with van der Waals surface area (Å²) in [6, 6.07) is 0. The number of hydrogen-bond donors (Lipinski definition) is 0. The summed E-state index contributed by atoms with van der Waals surface area (Å²) in [6.45, 7) is 15.8. The molecule has 0 fully saturated rings. The van der Waals surface area contributed by atoms with Crippen LogP contribution in [-0.2, 0) is 40.2 Å². The average Bonchev–Trinajstić information content (AvgIpc) is 2.91. The Bertz CT molecular complexity index is 509. The summed E-state index contributed by atoms with van der Waals surface area (Å²) in [7, 11) is 0. The summed E-state index contributed by atoms with van der Waals surface area (Å²) in [5.41, 5.74) is 0. The molecule has 9 heteroatoms. The molecule has 0 aromatic rings. The molecule has 0 aliphatic rings. The first-order chi connectivity index (χ1) is 18.9. The maximum Gasteiger partial charge on any atom is 4.00 e. The minimum atomic E-state index is -0.893. The van der Waals surface area contributed by atoms with E-state index in [1.54, 1.807) is 0 Å². The maximum absolute atomic E-state index is 10.3. The number of carboxylic acid groups (broad SMARTS) is 4. The van der Waals surface area contributed by atoms with Crippen LogP contribution >= 0.6 is 0 Å². The minimum absolute atomic E-state index is 0. The van der Waals surface area contributed by atoms with Crippen LogP contribution in [0.5, 0.6) is 0 Å². The molecule has 0 amide bonds. The second kappa shape index (κ2) is 36.6. The van der Waals surface area contributed by atoms with Gasteiger partial charge in [-0.1, -0.05) is 107 Å². The van der Waals surface area contributed by atoms with Crippen LogP contribution < -0.4 is 20.4 Å². The molecule has 0 spiro atoms. The summed E-state index contributed by atoms with van der Waals surface area (Å²) in [5.74, 6) is -4.46. The van der Waals surface area contributed by atoms with Gasteiger partial charge in [-0.05, 0) is 75.0 Å². The van der Waals surface area contributed by atoms with Crippen LogP contribution in [0.25, 0.3) is 0 Å². The third kappa shape index (κ3) is 34.7. The monoisotopic (exact) mass is 767 g/mol. The van der Waals surface area contributed by atoms with Crippen LogP contribution in [0, 0.1) is 23.7 Å². The normalized spacial score (nSPS) is 12.7. The van der Waals surface area contributed by atoms with Crippen molar-refractivity contribution in [2.24, 2.45) is 23.7 Å². The third-order valence-electron chi connectivity index (χ3n) is 6.93. The van der Waals surface area contributed by atoms with E-state index in [2.05, 4.69) is 27.7 Å². The Balaban J connectivity index is -0.000000139. The molecular formula is C32H60O8Pt. The molecule has 0 saturated heterocycles. The predicted molar refractivity (Wildman–Crippen MR) is 153 cm³/mol. The second-order valence-electron chi connectivity index (χ2n) is 10.3. The van der Waals surface area contributed by atoms with Gasteiger partial charge in [0.25, 0.3) is 0 Å². The Kier molecular flexibility index (Phi) is 44.0. The van der Waals surface area contributed by atoms with Crippen molar-refractivity contribution in [3.63, 3.8) is 0 Å². The standard InChI is InChI=1S/4C8H16O2.Pt/c4*1-3-5-6-7(4-2)8(9)10;/h4*7H,3-6H2,1-2H3,(H,9,10);/q;;;;+4/p-4. The van der Waals surface area contributed by atoms with Gasteiger partial charge in [0, 0.05) is 23.9 Å². The zero-order valence-electron chi connectivity index (χ0n) is 27.2. The van der Waals surface area contributed by atoms with E-state index in [1.165, 1.54) is 0 Å². The molecule has 0 bridgehead atoms. The van der Waals surface area contributed by atoms with Crippen molar-refractivity contribution in [2.45, 2.75) is 158 Å².